The first kappa shape index (κ1) is 14.0. The Balaban J connectivity index is 2.29. The molecule has 2 unspecified atom stereocenters. The molecule has 2 atom stereocenters. The Kier molecular flexibility index (Phi) is 4.90. The van der Waals surface area contributed by atoms with Crippen molar-refractivity contribution in [3.63, 3.8) is 0 Å². The molecule has 0 bridgehead atoms. The standard InChI is InChI=1S/C14H21N3O2/c1-2-12-10-19-9-8-17(12)13(14(18)16-15)11-6-4-3-5-7-11/h3-7,12-13H,2,8-10,15H2,1H3,(H,16,18). The highest BCUT2D eigenvalue weighted by Gasteiger charge is 2.33. The van der Waals surface area contributed by atoms with Crippen LogP contribution in [-0.4, -0.2) is 36.6 Å². The van der Waals surface area contributed by atoms with Gasteiger partial charge in [-0.05, 0) is 12.0 Å². The van der Waals surface area contributed by atoms with Gasteiger partial charge in [0.05, 0.1) is 13.2 Å². The minimum atomic E-state index is -0.347. The van der Waals surface area contributed by atoms with Crippen molar-refractivity contribution in [3.05, 3.63) is 35.9 Å². The number of nitrogens with two attached hydrogens (primary N) is 1. The van der Waals surface area contributed by atoms with Gasteiger partial charge in [0.2, 0.25) is 0 Å². The fourth-order valence-electron chi connectivity index (χ4n) is 2.57. The third-order valence-electron chi connectivity index (χ3n) is 3.58. The van der Waals surface area contributed by atoms with Crippen molar-refractivity contribution in [3.8, 4) is 0 Å². The number of hydrogen-bond donors (Lipinski definition) is 2. The van der Waals surface area contributed by atoms with Crippen molar-refractivity contribution in [2.45, 2.75) is 25.4 Å². The monoisotopic (exact) mass is 263 g/mol. The quantitative estimate of drug-likeness (QED) is 0.479. The lowest BCUT2D eigenvalue weighted by Gasteiger charge is -2.39. The van der Waals surface area contributed by atoms with Gasteiger partial charge in [0, 0.05) is 12.6 Å². The molecule has 0 aromatic heterocycles. The molecule has 1 aliphatic heterocycles. The van der Waals surface area contributed by atoms with Gasteiger partial charge < -0.3 is 4.74 Å². The van der Waals surface area contributed by atoms with Crippen LogP contribution in [0.25, 0.3) is 0 Å². The van der Waals surface area contributed by atoms with Gasteiger partial charge in [0.1, 0.15) is 6.04 Å². The highest BCUT2D eigenvalue weighted by molar-refractivity contribution is 5.82. The minimum Gasteiger partial charge on any atom is -0.378 e. The number of hydrazine groups is 1. The molecule has 1 fully saturated rings. The highest BCUT2D eigenvalue weighted by Crippen LogP contribution is 2.26. The van der Waals surface area contributed by atoms with Crippen molar-refractivity contribution in [2.24, 2.45) is 5.84 Å². The van der Waals surface area contributed by atoms with Crippen molar-refractivity contribution in [2.75, 3.05) is 19.8 Å². The first-order chi connectivity index (χ1) is 9.27. The van der Waals surface area contributed by atoms with Gasteiger partial charge in [-0.25, -0.2) is 5.84 Å². The number of nitrogens with zero attached hydrogens (tertiary/aromatic N) is 1. The fraction of sp³-hybridized carbons (Fsp3) is 0.500. The molecule has 5 heteroatoms. The third-order valence-corrected chi connectivity index (χ3v) is 3.58. The van der Waals surface area contributed by atoms with Gasteiger partial charge in [-0.1, -0.05) is 37.3 Å². The Bertz CT molecular complexity index is 410. The van der Waals surface area contributed by atoms with Gasteiger partial charge in [-0.15, -0.1) is 0 Å². The average molecular weight is 263 g/mol. The van der Waals surface area contributed by atoms with Crippen molar-refractivity contribution < 1.29 is 9.53 Å². The maximum atomic E-state index is 12.2. The van der Waals surface area contributed by atoms with E-state index in [9.17, 15) is 4.79 Å². The van der Waals surface area contributed by atoms with Gasteiger partial charge >= 0.3 is 0 Å². The zero-order valence-corrected chi connectivity index (χ0v) is 11.2. The lowest BCUT2D eigenvalue weighted by molar-refractivity contribution is -0.131. The summed E-state index contributed by atoms with van der Waals surface area (Å²) in [4.78, 5) is 14.3. The summed E-state index contributed by atoms with van der Waals surface area (Å²) in [6.45, 7) is 4.16. The summed E-state index contributed by atoms with van der Waals surface area (Å²) >= 11 is 0. The van der Waals surface area contributed by atoms with Gasteiger partial charge in [0.15, 0.2) is 0 Å². The molecule has 1 saturated heterocycles. The summed E-state index contributed by atoms with van der Waals surface area (Å²) in [5, 5.41) is 0. The second kappa shape index (κ2) is 6.65. The number of morpholine rings is 1. The fourth-order valence-corrected chi connectivity index (χ4v) is 2.57. The molecule has 1 amide bonds. The van der Waals surface area contributed by atoms with Crippen LogP contribution in [0.2, 0.25) is 0 Å². The summed E-state index contributed by atoms with van der Waals surface area (Å²) < 4.78 is 5.50. The number of carbonyl (C=O) groups excluding carboxylic acids is 1. The first-order valence-corrected chi connectivity index (χ1v) is 6.66. The Morgan fingerprint density at radius 1 is 1.53 bits per heavy atom. The number of ether oxygens (including phenoxy) is 1. The Hall–Kier alpha value is -1.43. The number of nitrogens with one attached hydrogen (secondary N) is 1. The van der Waals surface area contributed by atoms with E-state index < -0.39 is 0 Å². The molecule has 1 aromatic rings. The van der Waals surface area contributed by atoms with E-state index in [0.29, 0.717) is 13.2 Å². The van der Waals surface area contributed by atoms with Crippen LogP contribution in [0.3, 0.4) is 0 Å². The van der Waals surface area contributed by atoms with E-state index in [1.165, 1.54) is 0 Å². The van der Waals surface area contributed by atoms with E-state index in [-0.39, 0.29) is 18.0 Å². The van der Waals surface area contributed by atoms with E-state index in [2.05, 4.69) is 17.2 Å². The zero-order valence-electron chi connectivity index (χ0n) is 11.2. The normalized spacial score (nSPS) is 21.9. The first-order valence-electron chi connectivity index (χ1n) is 6.66. The number of carbonyl (C=O) groups is 1. The van der Waals surface area contributed by atoms with Crippen LogP contribution < -0.4 is 11.3 Å². The number of amides is 1. The van der Waals surface area contributed by atoms with Crippen LogP contribution in [-0.2, 0) is 9.53 Å². The molecule has 1 aromatic carbocycles. The number of benzene rings is 1. The van der Waals surface area contributed by atoms with E-state index in [4.69, 9.17) is 10.6 Å². The van der Waals surface area contributed by atoms with Gasteiger partial charge in [-0.2, -0.15) is 0 Å². The highest BCUT2D eigenvalue weighted by atomic mass is 16.5. The topological polar surface area (TPSA) is 67.6 Å². The molecule has 1 aliphatic rings. The molecular formula is C14H21N3O2. The van der Waals surface area contributed by atoms with Crippen molar-refractivity contribution in [1.82, 2.24) is 10.3 Å². The summed E-state index contributed by atoms with van der Waals surface area (Å²) in [6.07, 6.45) is 0.946. The van der Waals surface area contributed by atoms with Crippen LogP contribution in [0.15, 0.2) is 30.3 Å². The van der Waals surface area contributed by atoms with Crippen LogP contribution in [0.1, 0.15) is 24.9 Å². The molecule has 2 rings (SSSR count). The molecule has 3 N–H and O–H groups in total. The van der Waals surface area contributed by atoms with Gasteiger partial charge in [-0.3, -0.25) is 15.1 Å². The maximum absolute atomic E-state index is 12.2. The third kappa shape index (κ3) is 3.12. The lowest BCUT2D eigenvalue weighted by Crippen LogP contribution is -2.52. The summed E-state index contributed by atoms with van der Waals surface area (Å²) in [7, 11) is 0. The molecule has 19 heavy (non-hydrogen) atoms. The van der Waals surface area contributed by atoms with E-state index in [0.717, 1.165) is 18.5 Å². The summed E-state index contributed by atoms with van der Waals surface area (Å²) in [5.41, 5.74) is 3.25. The van der Waals surface area contributed by atoms with Crippen LogP contribution in [0.5, 0.6) is 0 Å². The molecule has 1 heterocycles. The van der Waals surface area contributed by atoms with Crippen molar-refractivity contribution in [1.29, 1.82) is 0 Å². The second-order valence-electron chi connectivity index (χ2n) is 4.70. The molecule has 0 aliphatic carbocycles. The minimum absolute atomic E-state index is 0.174. The summed E-state index contributed by atoms with van der Waals surface area (Å²) in [5.74, 6) is 5.17. The van der Waals surface area contributed by atoms with E-state index >= 15 is 0 Å². The van der Waals surface area contributed by atoms with Crippen molar-refractivity contribution >= 4 is 5.91 Å². The largest absolute Gasteiger partial charge is 0.378 e. The molecular weight excluding hydrogens is 242 g/mol. The molecule has 0 spiro atoms. The van der Waals surface area contributed by atoms with E-state index in [1.807, 2.05) is 30.3 Å². The van der Waals surface area contributed by atoms with E-state index in [1.54, 1.807) is 0 Å². The molecule has 0 radical (unpaired) electrons. The predicted molar refractivity (Wildman–Crippen MR) is 73.1 cm³/mol. The second-order valence-corrected chi connectivity index (χ2v) is 4.70. The van der Waals surface area contributed by atoms with Gasteiger partial charge in [0.25, 0.3) is 5.91 Å². The number of rotatable bonds is 4. The molecule has 0 saturated carbocycles. The molecule has 5 nitrogen and oxygen atoms in total. The van der Waals surface area contributed by atoms with Crippen LogP contribution in [0.4, 0.5) is 0 Å². The number of hydrogen-bond acceptors (Lipinski definition) is 4. The van der Waals surface area contributed by atoms with Crippen LogP contribution >= 0.6 is 0 Å². The Morgan fingerprint density at radius 2 is 2.26 bits per heavy atom. The Morgan fingerprint density at radius 3 is 2.89 bits per heavy atom. The summed E-state index contributed by atoms with van der Waals surface area (Å²) in [6, 6.07) is 9.64. The molecule has 104 valence electrons. The predicted octanol–water partition coefficient (Wildman–Crippen LogP) is 0.828. The lowest BCUT2D eigenvalue weighted by atomic mass is 10.0. The SMILES string of the molecule is CCC1COCCN1C(C(=O)NN)c1ccccc1. The Labute approximate surface area is 113 Å². The smallest absolute Gasteiger partial charge is 0.255 e. The average Bonchev–Trinajstić information content (AvgIpc) is 2.49. The maximum Gasteiger partial charge on any atom is 0.255 e. The van der Waals surface area contributed by atoms with Crippen LogP contribution in [0, 0.1) is 0 Å². The zero-order chi connectivity index (χ0) is 13.7.